The monoisotopic (exact) mass is 323 g/mol. The van der Waals surface area contributed by atoms with Gasteiger partial charge in [-0.15, -0.1) is 0 Å². The van der Waals surface area contributed by atoms with E-state index in [2.05, 4.69) is 10.1 Å². The maximum absolute atomic E-state index is 12.6. The third-order valence-electron chi connectivity index (χ3n) is 3.77. The maximum atomic E-state index is 12.6. The second-order valence-electron chi connectivity index (χ2n) is 5.06. The fourth-order valence-corrected chi connectivity index (χ4v) is 3.21. The molecule has 0 fully saturated rings. The smallest absolute Gasteiger partial charge is 0.280 e. The number of rotatable bonds is 3. The maximum Gasteiger partial charge on any atom is 0.280 e. The fraction of sp³-hybridized carbons (Fsp3) is 0.0588. The van der Waals surface area contributed by atoms with E-state index < -0.39 is 0 Å². The first-order valence-corrected chi connectivity index (χ1v) is 7.98. The molecule has 0 radical (unpaired) electrons. The first-order valence-electron chi connectivity index (χ1n) is 7.04. The number of nitrogens with zero attached hydrogens (tertiary/aromatic N) is 2. The molecule has 4 rings (SSSR count). The summed E-state index contributed by atoms with van der Waals surface area (Å²) in [5, 5.41) is 6.89. The normalized spacial score (nSPS) is 11.0. The summed E-state index contributed by atoms with van der Waals surface area (Å²) < 4.78 is 6.65. The number of hydrogen-bond acceptors (Lipinski definition) is 4. The van der Waals surface area contributed by atoms with E-state index in [-0.39, 0.29) is 5.56 Å². The highest BCUT2D eigenvalue weighted by atomic mass is 32.1. The van der Waals surface area contributed by atoms with Gasteiger partial charge in [0.15, 0.2) is 5.65 Å². The number of nitrogens with one attached hydrogen (secondary N) is 1. The Morgan fingerprint density at radius 3 is 2.65 bits per heavy atom. The van der Waals surface area contributed by atoms with Crippen molar-refractivity contribution >= 4 is 17.0 Å². The molecule has 1 aromatic carbocycles. The average molecular weight is 323 g/mol. The van der Waals surface area contributed by atoms with Gasteiger partial charge in [-0.2, -0.15) is 11.3 Å². The molecule has 23 heavy (non-hydrogen) atoms. The molecule has 5 nitrogen and oxygen atoms in total. The van der Waals surface area contributed by atoms with E-state index in [0.717, 1.165) is 22.4 Å². The first kappa shape index (κ1) is 13.8. The summed E-state index contributed by atoms with van der Waals surface area (Å²) in [6.07, 6.45) is 3.43. The second kappa shape index (κ2) is 5.40. The number of methoxy groups -OCH3 is 1. The van der Waals surface area contributed by atoms with Gasteiger partial charge in [0, 0.05) is 18.0 Å². The van der Waals surface area contributed by atoms with Crippen LogP contribution in [-0.4, -0.2) is 21.7 Å². The lowest BCUT2D eigenvalue weighted by molar-refractivity contribution is 0.415. The highest BCUT2D eigenvalue weighted by Gasteiger charge is 2.13. The molecule has 0 saturated carbocycles. The predicted octanol–water partition coefficient (Wildman–Crippen LogP) is 3.43. The van der Waals surface area contributed by atoms with Gasteiger partial charge >= 0.3 is 0 Å². The van der Waals surface area contributed by atoms with Crippen molar-refractivity contribution in [3.05, 3.63) is 63.8 Å². The second-order valence-corrected chi connectivity index (χ2v) is 5.84. The lowest BCUT2D eigenvalue weighted by atomic mass is 10.1. The van der Waals surface area contributed by atoms with Gasteiger partial charge in [-0.1, -0.05) is 12.1 Å². The van der Waals surface area contributed by atoms with Gasteiger partial charge in [0.2, 0.25) is 0 Å². The zero-order chi connectivity index (χ0) is 15.8. The number of aromatic nitrogens is 3. The van der Waals surface area contributed by atoms with Crippen molar-refractivity contribution in [2.45, 2.75) is 0 Å². The topological polar surface area (TPSA) is 59.4 Å². The molecule has 0 amide bonds. The molecule has 0 spiro atoms. The molecule has 0 unspecified atom stereocenters. The van der Waals surface area contributed by atoms with Crippen molar-refractivity contribution in [2.75, 3.05) is 7.11 Å². The summed E-state index contributed by atoms with van der Waals surface area (Å²) in [7, 11) is 1.63. The van der Waals surface area contributed by atoms with Crippen molar-refractivity contribution in [1.82, 2.24) is 14.6 Å². The van der Waals surface area contributed by atoms with Gasteiger partial charge in [0.05, 0.1) is 12.7 Å². The summed E-state index contributed by atoms with van der Waals surface area (Å²) in [5.41, 5.74) is 3.84. The molecule has 3 aromatic heterocycles. The Kier molecular flexibility index (Phi) is 3.24. The number of hydrogen-bond donors (Lipinski definition) is 1. The summed E-state index contributed by atoms with van der Waals surface area (Å²) in [6.45, 7) is 0. The third-order valence-corrected chi connectivity index (χ3v) is 4.46. The van der Waals surface area contributed by atoms with E-state index in [0.29, 0.717) is 11.2 Å². The zero-order valence-electron chi connectivity index (χ0n) is 12.3. The number of thiophene rings is 1. The molecule has 0 aliphatic rings. The Labute approximate surface area is 135 Å². The summed E-state index contributed by atoms with van der Waals surface area (Å²) >= 11 is 1.56. The quantitative estimate of drug-likeness (QED) is 0.628. The predicted molar refractivity (Wildman–Crippen MR) is 91.1 cm³/mol. The molecule has 0 bridgehead atoms. The van der Waals surface area contributed by atoms with Crippen LogP contribution < -0.4 is 10.3 Å². The Morgan fingerprint density at radius 1 is 1.13 bits per heavy atom. The van der Waals surface area contributed by atoms with Crippen LogP contribution in [0.2, 0.25) is 0 Å². The van der Waals surface area contributed by atoms with Crippen LogP contribution in [0.15, 0.2) is 58.3 Å². The number of ether oxygens (including phenoxy) is 1. The third kappa shape index (κ3) is 2.24. The largest absolute Gasteiger partial charge is 0.497 e. The molecule has 4 aromatic rings. The average Bonchev–Trinajstić information content (AvgIpc) is 3.25. The minimum Gasteiger partial charge on any atom is -0.497 e. The van der Waals surface area contributed by atoms with Crippen molar-refractivity contribution in [2.24, 2.45) is 0 Å². The van der Waals surface area contributed by atoms with Crippen LogP contribution in [0, 0.1) is 0 Å². The Morgan fingerprint density at radius 2 is 1.96 bits per heavy atom. The van der Waals surface area contributed by atoms with Crippen molar-refractivity contribution in [3.8, 4) is 28.0 Å². The van der Waals surface area contributed by atoms with Gasteiger partial charge in [-0.25, -0.2) is 9.50 Å². The van der Waals surface area contributed by atoms with Crippen LogP contribution in [0.4, 0.5) is 0 Å². The number of benzene rings is 1. The summed E-state index contributed by atoms with van der Waals surface area (Å²) in [5.74, 6) is 0.790. The van der Waals surface area contributed by atoms with Crippen molar-refractivity contribution in [3.63, 3.8) is 0 Å². The Hall–Kier alpha value is -2.86. The van der Waals surface area contributed by atoms with Crippen LogP contribution in [0.25, 0.3) is 27.9 Å². The minimum atomic E-state index is -0.104. The van der Waals surface area contributed by atoms with Crippen LogP contribution in [-0.2, 0) is 0 Å². The van der Waals surface area contributed by atoms with E-state index >= 15 is 0 Å². The molecule has 1 N–H and O–H groups in total. The van der Waals surface area contributed by atoms with Gasteiger partial charge in [0.25, 0.3) is 5.56 Å². The number of aromatic amines is 1. The highest BCUT2D eigenvalue weighted by molar-refractivity contribution is 7.08. The molecular formula is C17H13N3O2S. The van der Waals surface area contributed by atoms with Crippen molar-refractivity contribution in [1.29, 1.82) is 0 Å². The van der Waals surface area contributed by atoms with E-state index in [4.69, 9.17) is 4.74 Å². The molecule has 0 atom stereocenters. The first-order chi connectivity index (χ1) is 11.3. The molecular weight excluding hydrogens is 310 g/mol. The SMILES string of the molecule is COc1ccc(-c2c[nH]n3c(=O)c(-c4ccsc4)cnc23)cc1. The lowest BCUT2D eigenvalue weighted by Gasteiger charge is -2.02. The van der Waals surface area contributed by atoms with Gasteiger partial charge in [-0.3, -0.25) is 9.89 Å². The summed E-state index contributed by atoms with van der Waals surface area (Å²) in [6, 6.07) is 9.58. The Bertz CT molecular complexity index is 1010. The van der Waals surface area contributed by atoms with Crippen LogP contribution >= 0.6 is 11.3 Å². The van der Waals surface area contributed by atoms with Crippen LogP contribution in [0.5, 0.6) is 5.75 Å². The molecule has 0 aliphatic heterocycles. The molecule has 6 heteroatoms. The van der Waals surface area contributed by atoms with Gasteiger partial charge in [-0.05, 0) is 40.1 Å². The van der Waals surface area contributed by atoms with Gasteiger partial charge < -0.3 is 4.74 Å². The van der Waals surface area contributed by atoms with E-state index in [1.807, 2.05) is 41.1 Å². The minimum absolute atomic E-state index is 0.104. The van der Waals surface area contributed by atoms with Crippen LogP contribution in [0.1, 0.15) is 0 Å². The highest BCUT2D eigenvalue weighted by Crippen LogP contribution is 2.26. The van der Waals surface area contributed by atoms with E-state index in [1.165, 1.54) is 4.52 Å². The molecule has 0 aliphatic carbocycles. The summed E-state index contributed by atoms with van der Waals surface area (Å²) in [4.78, 5) is 17.1. The molecule has 3 heterocycles. The van der Waals surface area contributed by atoms with E-state index in [1.54, 1.807) is 30.8 Å². The Balaban J connectivity index is 1.87. The number of fused-ring (bicyclic) bond motifs is 1. The van der Waals surface area contributed by atoms with Crippen LogP contribution in [0.3, 0.4) is 0 Å². The molecule has 114 valence electrons. The number of H-pyrrole nitrogens is 1. The zero-order valence-corrected chi connectivity index (χ0v) is 13.1. The fourth-order valence-electron chi connectivity index (χ4n) is 2.56. The lowest BCUT2D eigenvalue weighted by Crippen LogP contribution is -2.16. The van der Waals surface area contributed by atoms with Gasteiger partial charge in [0.1, 0.15) is 5.75 Å². The van der Waals surface area contributed by atoms with Crippen molar-refractivity contribution < 1.29 is 4.74 Å². The van der Waals surface area contributed by atoms with E-state index in [9.17, 15) is 4.79 Å². The molecule has 0 saturated heterocycles. The standard InChI is InChI=1S/C17H13N3O2S/c1-22-13-4-2-11(3-5-13)14-9-19-20-16(14)18-8-15(17(20)21)12-6-7-23-10-12/h2-10,19H,1H3.